The average Bonchev–Trinajstić information content (AvgIpc) is 2.37. The molecular formula is C16H22. The molecule has 0 N–H and O–H groups in total. The van der Waals surface area contributed by atoms with Crippen LogP contribution in [0.15, 0.2) is 23.8 Å². The molecule has 0 heteroatoms. The molecule has 0 spiro atoms. The summed E-state index contributed by atoms with van der Waals surface area (Å²) in [5, 5.41) is 0. The molecular weight excluding hydrogens is 192 g/mol. The van der Waals surface area contributed by atoms with E-state index in [1.165, 1.54) is 16.7 Å². The summed E-state index contributed by atoms with van der Waals surface area (Å²) in [6, 6.07) is 6.89. The normalized spacial score (nSPS) is 18.2. The van der Waals surface area contributed by atoms with Crippen molar-refractivity contribution in [1.82, 2.24) is 0 Å². The zero-order valence-electron chi connectivity index (χ0n) is 11.3. The predicted molar refractivity (Wildman–Crippen MR) is 71.6 cm³/mol. The topological polar surface area (TPSA) is 0 Å². The maximum Gasteiger partial charge on any atom is 0.0115 e. The minimum Gasteiger partial charge on any atom is -0.0592 e. The van der Waals surface area contributed by atoms with Crippen LogP contribution in [-0.4, -0.2) is 0 Å². The van der Waals surface area contributed by atoms with Crippen molar-refractivity contribution in [1.29, 1.82) is 0 Å². The van der Waals surface area contributed by atoms with Gasteiger partial charge in [-0.1, -0.05) is 57.0 Å². The Morgan fingerprint density at radius 1 is 1.06 bits per heavy atom. The minimum absolute atomic E-state index is 0.209. The molecule has 0 aromatic heterocycles. The summed E-state index contributed by atoms with van der Waals surface area (Å²) < 4.78 is 0. The third kappa shape index (κ3) is 1.43. The van der Waals surface area contributed by atoms with Gasteiger partial charge in [0.1, 0.15) is 0 Å². The molecule has 1 aliphatic rings. The summed E-state index contributed by atoms with van der Waals surface area (Å²) in [5.74, 6) is 0.614. The molecule has 0 atom stereocenters. The van der Waals surface area contributed by atoms with Crippen molar-refractivity contribution >= 4 is 5.57 Å². The second-order valence-corrected chi connectivity index (χ2v) is 5.87. The fraction of sp³-hybridized carbons (Fsp3) is 0.500. The monoisotopic (exact) mass is 214 g/mol. The molecule has 0 nitrogen and oxygen atoms in total. The molecule has 0 bridgehead atoms. The van der Waals surface area contributed by atoms with Crippen molar-refractivity contribution in [2.45, 2.75) is 47.0 Å². The fourth-order valence-electron chi connectivity index (χ4n) is 2.89. The van der Waals surface area contributed by atoms with Crippen LogP contribution in [0.1, 0.15) is 51.3 Å². The van der Waals surface area contributed by atoms with E-state index in [0.717, 1.165) is 0 Å². The number of rotatable bonds is 1. The maximum atomic E-state index is 2.36. The van der Waals surface area contributed by atoms with E-state index in [1.54, 1.807) is 11.1 Å². The Morgan fingerprint density at radius 3 is 2.25 bits per heavy atom. The largest absolute Gasteiger partial charge is 0.0592 e. The van der Waals surface area contributed by atoms with Gasteiger partial charge in [0.2, 0.25) is 0 Å². The third-order valence-electron chi connectivity index (χ3n) is 4.06. The van der Waals surface area contributed by atoms with Crippen molar-refractivity contribution in [2.24, 2.45) is 5.92 Å². The highest BCUT2D eigenvalue weighted by Gasteiger charge is 2.35. The Labute approximate surface area is 99.4 Å². The lowest BCUT2D eigenvalue weighted by Crippen LogP contribution is -2.15. The average molecular weight is 214 g/mol. The summed E-state index contributed by atoms with van der Waals surface area (Å²) >= 11 is 0. The molecule has 2 rings (SSSR count). The number of aryl methyl sites for hydroxylation is 1. The lowest BCUT2D eigenvalue weighted by molar-refractivity contribution is 0.635. The molecule has 0 fully saturated rings. The highest BCUT2D eigenvalue weighted by Crippen LogP contribution is 2.48. The molecule has 1 aromatic carbocycles. The number of hydrogen-bond donors (Lipinski definition) is 0. The van der Waals surface area contributed by atoms with Gasteiger partial charge in [-0.15, -0.1) is 0 Å². The first kappa shape index (κ1) is 11.4. The predicted octanol–water partition coefficient (Wildman–Crippen LogP) is 4.72. The summed E-state index contributed by atoms with van der Waals surface area (Å²) in [4.78, 5) is 0. The van der Waals surface area contributed by atoms with Crippen LogP contribution in [0.4, 0.5) is 0 Å². The zero-order valence-corrected chi connectivity index (χ0v) is 11.3. The summed E-state index contributed by atoms with van der Waals surface area (Å²) in [7, 11) is 0. The van der Waals surface area contributed by atoms with Crippen LogP contribution in [0.2, 0.25) is 0 Å². The Balaban J connectivity index is 2.71. The van der Waals surface area contributed by atoms with Gasteiger partial charge in [-0.25, -0.2) is 0 Å². The van der Waals surface area contributed by atoms with Crippen LogP contribution < -0.4 is 0 Å². The van der Waals surface area contributed by atoms with Crippen molar-refractivity contribution in [3.8, 4) is 0 Å². The van der Waals surface area contributed by atoms with E-state index in [-0.39, 0.29) is 5.41 Å². The van der Waals surface area contributed by atoms with Crippen LogP contribution in [0.25, 0.3) is 5.57 Å². The maximum absolute atomic E-state index is 2.36. The third-order valence-corrected chi connectivity index (χ3v) is 4.06. The van der Waals surface area contributed by atoms with Crippen molar-refractivity contribution in [3.63, 3.8) is 0 Å². The first-order valence-electron chi connectivity index (χ1n) is 6.18. The molecule has 0 radical (unpaired) electrons. The standard InChI is InChI=1S/C16H22/c1-10(2)15-12(4)16(5,6)14-9-11(3)7-8-13(14)15/h7-10H,1-6H3. The molecule has 0 saturated heterocycles. The van der Waals surface area contributed by atoms with Gasteiger partial charge in [-0.2, -0.15) is 0 Å². The summed E-state index contributed by atoms with van der Waals surface area (Å²) in [6.45, 7) is 13.8. The number of allylic oxidation sites excluding steroid dienone is 2. The molecule has 0 amide bonds. The van der Waals surface area contributed by atoms with E-state index in [9.17, 15) is 0 Å². The van der Waals surface area contributed by atoms with Gasteiger partial charge < -0.3 is 0 Å². The van der Waals surface area contributed by atoms with E-state index in [1.807, 2.05) is 0 Å². The second-order valence-electron chi connectivity index (χ2n) is 5.87. The Bertz CT molecular complexity index is 459. The highest BCUT2D eigenvalue weighted by atomic mass is 14.4. The van der Waals surface area contributed by atoms with Gasteiger partial charge >= 0.3 is 0 Å². The fourth-order valence-corrected chi connectivity index (χ4v) is 2.89. The van der Waals surface area contributed by atoms with Crippen molar-refractivity contribution in [2.75, 3.05) is 0 Å². The zero-order chi connectivity index (χ0) is 12.1. The molecule has 86 valence electrons. The second kappa shape index (κ2) is 3.48. The highest BCUT2D eigenvalue weighted by molar-refractivity contribution is 5.80. The number of fused-ring (bicyclic) bond motifs is 1. The van der Waals surface area contributed by atoms with Gasteiger partial charge in [0, 0.05) is 5.41 Å². The van der Waals surface area contributed by atoms with Gasteiger partial charge in [0.15, 0.2) is 0 Å². The molecule has 0 saturated carbocycles. The Hall–Kier alpha value is -1.04. The lowest BCUT2D eigenvalue weighted by Gasteiger charge is -2.22. The van der Waals surface area contributed by atoms with Crippen LogP contribution in [0.5, 0.6) is 0 Å². The smallest absolute Gasteiger partial charge is 0.0115 e. The number of benzene rings is 1. The molecule has 1 aromatic rings. The van der Waals surface area contributed by atoms with Crippen LogP contribution >= 0.6 is 0 Å². The van der Waals surface area contributed by atoms with Gasteiger partial charge in [0.25, 0.3) is 0 Å². The summed E-state index contributed by atoms with van der Waals surface area (Å²) in [6.07, 6.45) is 0. The molecule has 0 heterocycles. The van der Waals surface area contributed by atoms with Gasteiger partial charge in [-0.3, -0.25) is 0 Å². The Kier molecular flexibility index (Phi) is 2.49. The summed E-state index contributed by atoms with van der Waals surface area (Å²) in [5.41, 5.74) is 7.66. The van der Waals surface area contributed by atoms with E-state index in [0.29, 0.717) is 5.92 Å². The van der Waals surface area contributed by atoms with E-state index in [4.69, 9.17) is 0 Å². The Morgan fingerprint density at radius 2 is 1.69 bits per heavy atom. The molecule has 0 unspecified atom stereocenters. The van der Waals surface area contributed by atoms with Crippen molar-refractivity contribution < 1.29 is 0 Å². The first-order valence-corrected chi connectivity index (χ1v) is 6.18. The molecule has 0 aliphatic heterocycles. The lowest BCUT2D eigenvalue weighted by atomic mass is 9.81. The molecule has 1 aliphatic carbocycles. The van der Waals surface area contributed by atoms with Gasteiger partial charge in [-0.05, 0) is 36.5 Å². The number of hydrogen-bond acceptors (Lipinski definition) is 0. The molecule has 16 heavy (non-hydrogen) atoms. The van der Waals surface area contributed by atoms with E-state index >= 15 is 0 Å². The van der Waals surface area contributed by atoms with Gasteiger partial charge in [0.05, 0.1) is 0 Å². The van der Waals surface area contributed by atoms with Crippen LogP contribution in [0.3, 0.4) is 0 Å². The quantitative estimate of drug-likeness (QED) is 0.634. The van der Waals surface area contributed by atoms with Crippen LogP contribution in [0, 0.1) is 12.8 Å². The first-order chi connectivity index (χ1) is 7.35. The van der Waals surface area contributed by atoms with Crippen molar-refractivity contribution in [3.05, 3.63) is 40.5 Å². The van der Waals surface area contributed by atoms with E-state index < -0.39 is 0 Å². The minimum atomic E-state index is 0.209. The van der Waals surface area contributed by atoms with Crippen LogP contribution in [-0.2, 0) is 5.41 Å². The SMILES string of the molecule is CC1=C(C(C)C)c2ccc(C)cc2C1(C)C. The van der Waals surface area contributed by atoms with E-state index in [2.05, 4.69) is 59.7 Å².